The highest BCUT2D eigenvalue weighted by molar-refractivity contribution is 7.22. The number of Topliss-reactive ketones (excluding diaryl/α,β-unsaturated/α-hetero) is 1. The van der Waals surface area contributed by atoms with Crippen LogP contribution in [0.4, 0.5) is 13.9 Å². The Balaban J connectivity index is 1.66. The molecule has 3 aromatic carbocycles. The predicted octanol–water partition coefficient (Wildman–Crippen LogP) is 6.85. The van der Waals surface area contributed by atoms with Crippen LogP contribution >= 0.6 is 11.3 Å². The van der Waals surface area contributed by atoms with Gasteiger partial charge in [-0.25, -0.2) is 13.8 Å². The van der Waals surface area contributed by atoms with Crippen molar-refractivity contribution in [2.45, 2.75) is 33.7 Å². The van der Waals surface area contributed by atoms with Crippen LogP contribution in [-0.4, -0.2) is 28.4 Å². The van der Waals surface area contributed by atoms with E-state index in [1.54, 1.807) is 30.3 Å². The molecule has 0 aliphatic carbocycles. The summed E-state index contributed by atoms with van der Waals surface area (Å²) >= 11 is 0.962. The summed E-state index contributed by atoms with van der Waals surface area (Å²) in [5.41, 5.74) is 2.64. The molecule has 1 N–H and O–H groups in total. The summed E-state index contributed by atoms with van der Waals surface area (Å²) in [6, 6.07) is 13.3. The van der Waals surface area contributed by atoms with Gasteiger partial charge in [0.15, 0.2) is 16.8 Å². The number of amides is 1. The molecule has 1 fully saturated rings. The summed E-state index contributed by atoms with van der Waals surface area (Å²) in [7, 11) is 0. The molecule has 1 atom stereocenters. The highest BCUT2D eigenvalue weighted by Gasteiger charge is 2.48. The van der Waals surface area contributed by atoms with Crippen LogP contribution < -0.4 is 9.64 Å². The van der Waals surface area contributed by atoms with Crippen molar-refractivity contribution in [1.82, 2.24) is 4.98 Å². The molecule has 1 aliphatic heterocycles. The number of fused-ring (bicyclic) bond motifs is 1. The van der Waals surface area contributed by atoms with Crippen molar-refractivity contribution in [3.8, 4) is 5.75 Å². The maximum Gasteiger partial charge on any atom is 0.301 e. The summed E-state index contributed by atoms with van der Waals surface area (Å²) in [6.07, 6.45) is 0. The van der Waals surface area contributed by atoms with Crippen LogP contribution in [0.25, 0.3) is 16.0 Å². The second kappa shape index (κ2) is 10.2. The first kappa shape index (κ1) is 26.5. The van der Waals surface area contributed by atoms with Crippen LogP contribution in [0.1, 0.15) is 42.1 Å². The van der Waals surface area contributed by atoms with Crippen LogP contribution in [0.5, 0.6) is 5.75 Å². The largest absolute Gasteiger partial charge is 0.507 e. The van der Waals surface area contributed by atoms with E-state index >= 15 is 0 Å². The van der Waals surface area contributed by atoms with Crippen LogP contribution in [0.2, 0.25) is 0 Å². The van der Waals surface area contributed by atoms with Gasteiger partial charge in [0.05, 0.1) is 28.4 Å². The highest BCUT2D eigenvalue weighted by Crippen LogP contribution is 2.44. The molecule has 1 amide bonds. The lowest BCUT2D eigenvalue weighted by molar-refractivity contribution is -0.132. The van der Waals surface area contributed by atoms with Gasteiger partial charge in [-0.3, -0.25) is 14.5 Å². The van der Waals surface area contributed by atoms with E-state index in [1.165, 1.54) is 4.90 Å². The lowest BCUT2D eigenvalue weighted by Gasteiger charge is -2.23. The molecular weight excluding hydrogens is 522 g/mol. The van der Waals surface area contributed by atoms with Gasteiger partial charge in [-0.05, 0) is 55.2 Å². The number of nitrogens with zero attached hydrogens (tertiary/aromatic N) is 2. The number of aryl methyl sites for hydroxylation is 2. The number of anilines is 1. The molecule has 4 aromatic rings. The Morgan fingerprint density at radius 2 is 1.82 bits per heavy atom. The number of ether oxygens (including phenoxy) is 1. The number of carbonyl (C=O) groups is 2. The quantitative estimate of drug-likeness (QED) is 0.162. The number of aliphatic hydroxyl groups is 1. The van der Waals surface area contributed by atoms with Crippen molar-refractivity contribution in [2.24, 2.45) is 5.92 Å². The number of halogens is 2. The van der Waals surface area contributed by atoms with Gasteiger partial charge in [-0.1, -0.05) is 55.0 Å². The van der Waals surface area contributed by atoms with Crippen LogP contribution in [0.15, 0.2) is 60.2 Å². The van der Waals surface area contributed by atoms with Crippen molar-refractivity contribution in [3.05, 3.63) is 94.1 Å². The normalized spacial score (nSPS) is 17.0. The SMILES string of the molecule is Cc1cccc(C2/C(=C(\O)c3ccc(OCC(C)C)c(C)c3)C(=O)C(=O)N2c2nc3cc(F)c(F)cc3s2)c1. The first-order valence-electron chi connectivity index (χ1n) is 12.4. The minimum Gasteiger partial charge on any atom is -0.507 e. The Labute approximate surface area is 228 Å². The topological polar surface area (TPSA) is 79.7 Å². The number of hydrogen-bond acceptors (Lipinski definition) is 6. The molecule has 0 saturated carbocycles. The molecule has 5 rings (SSSR count). The van der Waals surface area contributed by atoms with Crippen LogP contribution in [0, 0.1) is 31.4 Å². The molecule has 200 valence electrons. The molecule has 2 heterocycles. The van der Waals surface area contributed by atoms with Crippen molar-refractivity contribution < 1.29 is 28.2 Å². The van der Waals surface area contributed by atoms with E-state index < -0.39 is 29.4 Å². The van der Waals surface area contributed by atoms with Gasteiger partial charge in [0, 0.05) is 11.6 Å². The average Bonchev–Trinajstić information content (AvgIpc) is 3.40. The minimum absolute atomic E-state index is 0.0938. The standard InChI is InChI=1S/C30H26F2N2O4S/c1-15(2)14-38-23-9-8-19(11-17(23)4)27(35)25-26(18-7-5-6-16(3)10-18)34(29(37)28(25)36)30-33-22-12-20(31)21(32)13-24(22)39-30/h5-13,15,26,35H,14H2,1-4H3/b27-25+. The maximum absolute atomic E-state index is 13.9. The fraction of sp³-hybridized carbons (Fsp3) is 0.233. The summed E-state index contributed by atoms with van der Waals surface area (Å²) in [4.78, 5) is 32.4. The Morgan fingerprint density at radius 3 is 2.51 bits per heavy atom. The van der Waals surface area contributed by atoms with E-state index in [9.17, 15) is 23.5 Å². The predicted molar refractivity (Wildman–Crippen MR) is 147 cm³/mol. The lowest BCUT2D eigenvalue weighted by Crippen LogP contribution is -2.29. The third-order valence-corrected chi connectivity index (χ3v) is 7.47. The summed E-state index contributed by atoms with van der Waals surface area (Å²) in [5, 5.41) is 11.5. The number of rotatable bonds is 6. The monoisotopic (exact) mass is 548 g/mol. The molecule has 0 spiro atoms. The highest BCUT2D eigenvalue weighted by atomic mass is 32.1. The summed E-state index contributed by atoms with van der Waals surface area (Å²) in [6.45, 7) is 8.32. The van der Waals surface area contributed by atoms with Crippen LogP contribution in [-0.2, 0) is 9.59 Å². The van der Waals surface area contributed by atoms with Gasteiger partial charge >= 0.3 is 5.91 Å². The van der Waals surface area contributed by atoms with E-state index in [0.717, 1.165) is 34.6 Å². The smallest absolute Gasteiger partial charge is 0.301 e. The molecule has 1 saturated heterocycles. The third-order valence-electron chi connectivity index (χ3n) is 6.45. The number of carbonyl (C=O) groups excluding carboxylic acids is 2. The second-order valence-electron chi connectivity index (χ2n) is 10.00. The van der Waals surface area contributed by atoms with E-state index in [1.807, 2.05) is 39.8 Å². The van der Waals surface area contributed by atoms with Crippen molar-refractivity contribution in [1.29, 1.82) is 0 Å². The number of thiazole rings is 1. The number of aromatic nitrogens is 1. The van der Waals surface area contributed by atoms with Gasteiger partial charge < -0.3 is 9.84 Å². The lowest BCUT2D eigenvalue weighted by atomic mass is 9.94. The molecule has 1 unspecified atom stereocenters. The number of aliphatic hydroxyl groups excluding tert-OH is 1. The fourth-order valence-electron chi connectivity index (χ4n) is 4.57. The zero-order chi connectivity index (χ0) is 28.0. The van der Waals surface area contributed by atoms with E-state index in [-0.39, 0.29) is 22.0 Å². The minimum atomic E-state index is -1.06. The second-order valence-corrected chi connectivity index (χ2v) is 11.0. The third kappa shape index (κ3) is 4.90. The molecular formula is C30H26F2N2O4S. The summed E-state index contributed by atoms with van der Waals surface area (Å²) < 4.78 is 33.9. The first-order chi connectivity index (χ1) is 18.5. The molecule has 6 nitrogen and oxygen atoms in total. The molecule has 39 heavy (non-hydrogen) atoms. The molecule has 0 bridgehead atoms. The first-order valence-corrected chi connectivity index (χ1v) is 13.2. The molecule has 1 aliphatic rings. The van der Waals surface area contributed by atoms with E-state index in [0.29, 0.717) is 34.1 Å². The van der Waals surface area contributed by atoms with Gasteiger partial charge in [-0.2, -0.15) is 0 Å². The Bertz CT molecular complexity index is 1620. The van der Waals surface area contributed by atoms with Gasteiger partial charge in [0.25, 0.3) is 5.78 Å². The number of benzene rings is 3. The van der Waals surface area contributed by atoms with E-state index in [2.05, 4.69) is 4.98 Å². The van der Waals surface area contributed by atoms with Crippen molar-refractivity contribution in [3.63, 3.8) is 0 Å². The average molecular weight is 549 g/mol. The molecule has 9 heteroatoms. The fourth-order valence-corrected chi connectivity index (χ4v) is 5.57. The zero-order valence-electron chi connectivity index (χ0n) is 21.8. The number of hydrogen-bond donors (Lipinski definition) is 1. The Kier molecular flexibility index (Phi) is 6.94. The molecule has 0 radical (unpaired) electrons. The maximum atomic E-state index is 13.9. The van der Waals surface area contributed by atoms with Crippen molar-refractivity contribution >= 4 is 44.1 Å². The van der Waals surface area contributed by atoms with Crippen LogP contribution in [0.3, 0.4) is 0 Å². The zero-order valence-corrected chi connectivity index (χ0v) is 22.6. The van der Waals surface area contributed by atoms with Gasteiger partial charge in [0.1, 0.15) is 11.5 Å². The van der Waals surface area contributed by atoms with Crippen molar-refractivity contribution in [2.75, 3.05) is 11.5 Å². The van der Waals surface area contributed by atoms with Gasteiger partial charge in [0.2, 0.25) is 0 Å². The number of ketones is 1. The van der Waals surface area contributed by atoms with Gasteiger partial charge in [-0.15, -0.1) is 0 Å². The summed E-state index contributed by atoms with van der Waals surface area (Å²) in [5.74, 6) is -3.22. The Hall–Kier alpha value is -4.11. The molecule has 1 aromatic heterocycles. The Morgan fingerprint density at radius 1 is 1.08 bits per heavy atom. The van der Waals surface area contributed by atoms with E-state index in [4.69, 9.17) is 4.74 Å².